The Bertz CT molecular complexity index is 1170. The van der Waals surface area contributed by atoms with E-state index in [1.165, 1.54) is 0 Å². The van der Waals surface area contributed by atoms with E-state index in [0.717, 1.165) is 6.42 Å². The van der Waals surface area contributed by atoms with Crippen LogP contribution >= 0.6 is 0 Å². The van der Waals surface area contributed by atoms with E-state index in [9.17, 15) is 19.5 Å². The highest BCUT2D eigenvalue weighted by Crippen LogP contribution is 2.54. The number of carbonyl (C=O) groups is 3. The Morgan fingerprint density at radius 1 is 1.08 bits per heavy atom. The number of amides is 3. The fourth-order valence-electron chi connectivity index (χ4n) is 6.77. The Morgan fingerprint density at radius 2 is 1.82 bits per heavy atom. The molecule has 4 heterocycles. The van der Waals surface area contributed by atoms with Crippen molar-refractivity contribution in [2.45, 2.75) is 57.4 Å². The number of fused-ring (bicyclic) bond motifs is 2. The number of carbonyl (C=O) groups excluding carboxylic acids is 3. The van der Waals surface area contributed by atoms with Gasteiger partial charge in [-0.1, -0.05) is 51.5 Å². The monoisotopic (exact) mass is 537 g/mol. The molecule has 1 N–H and O–H groups in total. The van der Waals surface area contributed by atoms with Crippen LogP contribution in [-0.2, 0) is 19.1 Å². The van der Waals surface area contributed by atoms with Gasteiger partial charge in [0.15, 0.2) is 0 Å². The fourth-order valence-corrected chi connectivity index (χ4v) is 6.77. The molecule has 1 aromatic rings. The predicted molar refractivity (Wildman–Crippen MR) is 146 cm³/mol. The number of anilines is 1. The molecule has 0 aliphatic carbocycles. The predicted octanol–water partition coefficient (Wildman–Crippen LogP) is 2.39. The van der Waals surface area contributed by atoms with Gasteiger partial charge in [0, 0.05) is 25.3 Å². The van der Waals surface area contributed by atoms with Crippen LogP contribution in [0, 0.1) is 17.8 Å². The summed E-state index contributed by atoms with van der Waals surface area (Å²) >= 11 is 0. The van der Waals surface area contributed by atoms with Crippen LogP contribution < -0.4 is 9.64 Å². The van der Waals surface area contributed by atoms with Crippen molar-refractivity contribution in [3.8, 4) is 5.75 Å². The summed E-state index contributed by atoms with van der Waals surface area (Å²) in [5.74, 6) is -1.72. The lowest BCUT2D eigenvalue weighted by atomic mass is 9.77. The average molecular weight is 538 g/mol. The summed E-state index contributed by atoms with van der Waals surface area (Å²) in [5.41, 5.74) is -0.652. The first kappa shape index (κ1) is 27.4. The number of likely N-dealkylation sites (tertiary alicyclic amines) is 1. The number of nitrogens with zero attached hydrogens (tertiary/aromatic N) is 3. The molecule has 210 valence electrons. The minimum absolute atomic E-state index is 0.0681. The Balaban J connectivity index is 1.63. The average Bonchev–Trinajstić information content (AvgIpc) is 3.26. The molecule has 9 heteroatoms. The first-order valence-electron chi connectivity index (χ1n) is 14.0. The molecule has 39 heavy (non-hydrogen) atoms. The SMILES string of the molecule is CCCN1CC=C[C@H]2O[C@]34C=CCN(c5ccc(OC)cc5)C(=O)C3N([C@@H](CO)[C@@H](C)CC)C(=O)[C@@H]4[C@H]2C1=O. The van der Waals surface area contributed by atoms with Crippen LogP contribution in [0.4, 0.5) is 5.69 Å². The van der Waals surface area contributed by atoms with Crippen molar-refractivity contribution >= 4 is 23.4 Å². The Morgan fingerprint density at radius 3 is 2.46 bits per heavy atom. The van der Waals surface area contributed by atoms with Gasteiger partial charge < -0.3 is 29.3 Å². The zero-order valence-corrected chi connectivity index (χ0v) is 23.2. The van der Waals surface area contributed by atoms with Crippen LogP contribution in [0.3, 0.4) is 0 Å². The number of hydrogen-bond acceptors (Lipinski definition) is 6. The van der Waals surface area contributed by atoms with Gasteiger partial charge in [0.1, 0.15) is 17.4 Å². The zero-order valence-electron chi connectivity index (χ0n) is 23.2. The van der Waals surface area contributed by atoms with E-state index in [0.29, 0.717) is 30.9 Å². The van der Waals surface area contributed by atoms with Crippen molar-refractivity contribution in [3.63, 3.8) is 0 Å². The first-order valence-corrected chi connectivity index (χ1v) is 14.0. The van der Waals surface area contributed by atoms with Gasteiger partial charge in [0.05, 0.1) is 37.7 Å². The molecule has 2 saturated heterocycles. The third-order valence-electron chi connectivity index (χ3n) is 8.90. The Hall–Kier alpha value is -3.17. The van der Waals surface area contributed by atoms with E-state index in [2.05, 4.69) is 0 Å². The molecule has 7 atom stereocenters. The van der Waals surface area contributed by atoms with Crippen molar-refractivity contribution in [3.05, 3.63) is 48.6 Å². The van der Waals surface area contributed by atoms with Gasteiger partial charge >= 0.3 is 0 Å². The summed E-state index contributed by atoms with van der Waals surface area (Å²) in [7, 11) is 1.58. The first-order chi connectivity index (χ1) is 18.8. The van der Waals surface area contributed by atoms with Crippen molar-refractivity contribution < 1.29 is 29.0 Å². The lowest BCUT2D eigenvalue weighted by Crippen LogP contribution is -2.59. The maximum Gasteiger partial charge on any atom is 0.253 e. The van der Waals surface area contributed by atoms with E-state index in [-0.39, 0.29) is 36.8 Å². The van der Waals surface area contributed by atoms with Crippen molar-refractivity contribution in [2.24, 2.45) is 17.8 Å². The number of aliphatic hydroxyl groups is 1. The van der Waals surface area contributed by atoms with Gasteiger partial charge in [-0.15, -0.1) is 0 Å². The molecule has 1 aromatic carbocycles. The van der Waals surface area contributed by atoms with Crippen LogP contribution in [-0.4, -0.2) is 89.8 Å². The van der Waals surface area contributed by atoms with Crippen molar-refractivity contribution in [1.82, 2.24) is 9.80 Å². The molecular weight excluding hydrogens is 498 g/mol. The van der Waals surface area contributed by atoms with E-state index >= 15 is 0 Å². The summed E-state index contributed by atoms with van der Waals surface area (Å²) in [6.45, 7) is 7.04. The van der Waals surface area contributed by atoms with Crippen LogP contribution in [0.5, 0.6) is 5.75 Å². The van der Waals surface area contributed by atoms with Gasteiger partial charge in [0.2, 0.25) is 11.8 Å². The molecule has 0 bridgehead atoms. The maximum atomic E-state index is 14.5. The number of hydrogen-bond donors (Lipinski definition) is 1. The van der Waals surface area contributed by atoms with Crippen LogP contribution in [0.1, 0.15) is 33.6 Å². The quantitative estimate of drug-likeness (QED) is 0.512. The summed E-state index contributed by atoms with van der Waals surface area (Å²) in [5, 5.41) is 10.5. The van der Waals surface area contributed by atoms with Crippen molar-refractivity contribution in [2.75, 3.05) is 38.3 Å². The smallest absolute Gasteiger partial charge is 0.253 e. The number of ether oxygens (including phenoxy) is 2. The lowest BCUT2D eigenvalue weighted by Gasteiger charge is -2.40. The summed E-state index contributed by atoms with van der Waals surface area (Å²) in [6.07, 6.45) is 8.41. The molecule has 1 unspecified atom stereocenters. The van der Waals surface area contributed by atoms with E-state index < -0.39 is 35.6 Å². The highest BCUT2D eigenvalue weighted by atomic mass is 16.5. The molecule has 0 radical (unpaired) electrons. The number of benzene rings is 1. The van der Waals surface area contributed by atoms with Crippen molar-refractivity contribution in [1.29, 1.82) is 0 Å². The molecule has 0 saturated carbocycles. The summed E-state index contributed by atoms with van der Waals surface area (Å²) in [6, 6.07) is 5.60. The second kappa shape index (κ2) is 10.8. The summed E-state index contributed by atoms with van der Waals surface area (Å²) in [4.78, 5) is 47.8. The second-order valence-electron chi connectivity index (χ2n) is 11.0. The second-order valence-corrected chi connectivity index (χ2v) is 11.0. The van der Waals surface area contributed by atoms with E-state index in [1.54, 1.807) is 33.9 Å². The Labute approximate surface area is 230 Å². The lowest BCUT2D eigenvalue weighted by molar-refractivity contribution is -0.148. The van der Waals surface area contributed by atoms with Crippen LogP contribution in [0.2, 0.25) is 0 Å². The molecule has 0 aromatic heterocycles. The largest absolute Gasteiger partial charge is 0.497 e. The normalized spacial score (nSPS) is 31.5. The van der Waals surface area contributed by atoms with E-state index in [1.807, 2.05) is 57.2 Å². The third-order valence-corrected chi connectivity index (χ3v) is 8.90. The fraction of sp³-hybridized carbons (Fsp3) is 0.567. The molecule has 1 spiro atoms. The van der Waals surface area contributed by atoms with Gasteiger partial charge in [0.25, 0.3) is 5.91 Å². The molecule has 4 aliphatic rings. The third kappa shape index (κ3) is 4.26. The molecule has 3 amide bonds. The Kier molecular flexibility index (Phi) is 7.57. The summed E-state index contributed by atoms with van der Waals surface area (Å²) < 4.78 is 12.0. The highest BCUT2D eigenvalue weighted by Gasteiger charge is 2.72. The van der Waals surface area contributed by atoms with Gasteiger partial charge in [-0.2, -0.15) is 0 Å². The molecular formula is C30H39N3O6. The molecule has 4 aliphatic heterocycles. The maximum absolute atomic E-state index is 14.5. The topological polar surface area (TPSA) is 99.6 Å². The zero-order chi connectivity index (χ0) is 27.9. The minimum Gasteiger partial charge on any atom is -0.497 e. The standard InChI is InChI=1S/C30H39N3O6/c1-5-15-31-16-7-9-23-24(27(31)35)25-28(36)33(22(18-34)19(3)6-2)26-29(37)32(17-8-14-30(25,26)39-23)20-10-12-21(38-4)13-11-20/h7-14,19,22-26,34H,5-6,15-18H2,1-4H3/t19-,22-,23+,24-,25-,26?,30-/m0/s1. The molecule has 9 nitrogen and oxygen atoms in total. The van der Waals surface area contributed by atoms with E-state index in [4.69, 9.17) is 9.47 Å². The number of aliphatic hydroxyl groups excluding tert-OH is 1. The van der Waals surface area contributed by atoms with Gasteiger partial charge in [-0.05, 0) is 36.6 Å². The number of rotatable bonds is 8. The number of methoxy groups -OCH3 is 1. The molecule has 5 rings (SSSR count). The highest BCUT2D eigenvalue weighted by molar-refractivity contribution is 6.06. The molecule has 2 fully saturated rings. The van der Waals surface area contributed by atoms with Gasteiger partial charge in [-0.3, -0.25) is 14.4 Å². The van der Waals surface area contributed by atoms with Gasteiger partial charge in [-0.25, -0.2) is 0 Å². The van der Waals surface area contributed by atoms with Crippen LogP contribution in [0.15, 0.2) is 48.6 Å². The minimum atomic E-state index is -1.32. The van der Waals surface area contributed by atoms with Crippen LogP contribution in [0.25, 0.3) is 0 Å².